The van der Waals surface area contributed by atoms with Crippen molar-refractivity contribution in [3.8, 4) is 0 Å². The van der Waals surface area contributed by atoms with Crippen LogP contribution in [-0.4, -0.2) is 37.9 Å². The van der Waals surface area contributed by atoms with E-state index in [0.29, 0.717) is 13.0 Å². The summed E-state index contributed by atoms with van der Waals surface area (Å²) in [4.78, 5) is 25.3. The first kappa shape index (κ1) is 56.6. The third-order valence-corrected chi connectivity index (χ3v) is 9.81. The molecule has 0 spiro atoms. The molecule has 0 bridgehead atoms. The van der Waals surface area contributed by atoms with Gasteiger partial charge in [-0.05, 0) is 103 Å². The van der Waals surface area contributed by atoms with Crippen molar-refractivity contribution >= 4 is 11.9 Å². The van der Waals surface area contributed by atoms with Crippen LogP contribution in [0.5, 0.6) is 0 Å². The average Bonchev–Trinajstić information content (AvgIpc) is 3.25. The summed E-state index contributed by atoms with van der Waals surface area (Å²) in [5.41, 5.74) is 0. The maximum atomic E-state index is 12.8. The molecule has 1 unspecified atom stereocenters. The standard InChI is InChI=1S/C55H90O5/c1-4-7-10-13-16-19-22-25-28-30-33-36-39-42-45-48-54(56)59-52-53(51-58-50-47-44-41-38-35-32-27-24-21-18-15-12-9-6-3)60-55(57)49-46-43-40-37-34-31-29-26-23-20-17-14-11-8-5-2/h7,9-10,12,16,18-19,21,25-29,32-33,36,42,45,53H,4-6,8,11,13-15,17,20,22-24,30-31,34-35,37-41,43-44,46-52H2,1-3H3/b10-7-,12-9-,19-16-,21-18-,28-25-,29-26-,32-27-,36-33-,45-42-. The molecule has 0 radical (unpaired) electrons. The van der Waals surface area contributed by atoms with Gasteiger partial charge in [0.2, 0.25) is 0 Å². The van der Waals surface area contributed by atoms with E-state index in [1.165, 1.54) is 64.2 Å². The summed E-state index contributed by atoms with van der Waals surface area (Å²) in [5, 5.41) is 0. The van der Waals surface area contributed by atoms with Crippen molar-refractivity contribution in [2.75, 3.05) is 19.8 Å². The van der Waals surface area contributed by atoms with Crippen LogP contribution in [0.2, 0.25) is 0 Å². The Hall–Kier alpha value is -3.44. The zero-order valence-electron chi connectivity index (χ0n) is 38.9. The lowest BCUT2D eigenvalue weighted by molar-refractivity contribution is -0.162. The van der Waals surface area contributed by atoms with Crippen LogP contribution in [0.25, 0.3) is 0 Å². The Kier molecular flexibility index (Phi) is 47.1. The molecule has 0 aliphatic heterocycles. The third kappa shape index (κ3) is 47.2. The SMILES string of the molecule is CC/C=C\C/C=C\C/C=C\C/C=C\C/C=C\CC(=O)OCC(COCCCCCC/C=C\C/C=C\C/C=C\CC)OC(=O)CCCCCCC/C=C\CCCCCCCC. The van der Waals surface area contributed by atoms with Crippen molar-refractivity contribution in [2.45, 2.75) is 207 Å². The molecule has 5 heteroatoms. The molecular weight excluding hydrogens is 741 g/mol. The Balaban J connectivity index is 4.46. The zero-order valence-corrected chi connectivity index (χ0v) is 38.9. The second-order valence-corrected chi connectivity index (χ2v) is 15.6. The minimum Gasteiger partial charge on any atom is -0.461 e. The van der Waals surface area contributed by atoms with Crippen molar-refractivity contribution in [1.82, 2.24) is 0 Å². The first-order valence-corrected chi connectivity index (χ1v) is 24.4. The van der Waals surface area contributed by atoms with E-state index in [9.17, 15) is 9.59 Å². The van der Waals surface area contributed by atoms with E-state index in [-0.39, 0.29) is 31.6 Å². The van der Waals surface area contributed by atoms with Gasteiger partial charge in [0.1, 0.15) is 6.61 Å². The number of rotatable bonds is 43. The van der Waals surface area contributed by atoms with Crippen LogP contribution in [0.15, 0.2) is 109 Å². The van der Waals surface area contributed by atoms with Crippen LogP contribution in [0, 0.1) is 0 Å². The number of ether oxygens (including phenoxy) is 3. The summed E-state index contributed by atoms with van der Waals surface area (Å²) in [6.45, 7) is 7.42. The van der Waals surface area contributed by atoms with E-state index in [2.05, 4.69) is 118 Å². The molecule has 0 rings (SSSR count). The topological polar surface area (TPSA) is 61.8 Å². The highest BCUT2D eigenvalue weighted by atomic mass is 16.6. The van der Waals surface area contributed by atoms with Crippen LogP contribution in [-0.2, 0) is 23.8 Å². The van der Waals surface area contributed by atoms with Gasteiger partial charge in [0.25, 0.3) is 0 Å². The highest BCUT2D eigenvalue weighted by Crippen LogP contribution is 2.12. The minimum absolute atomic E-state index is 0.0125. The first-order valence-electron chi connectivity index (χ1n) is 24.4. The van der Waals surface area contributed by atoms with Gasteiger partial charge in [-0.3, -0.25) is 9.59 Å². The molecule has 0 aliphatic carbocycles. The van der Waals surface area contributed by atoms with Crippen molar-refractivity contribution in [3.63, 3.8) is 0 Å². The number of hydrogen-bond acceptors (Lipinski definition) is 5. The lowest BCUT2D eigenvalue weighted by Gasteiger charge is -2.18. The van der Waals surface area contributed by atoms with Crippen molar-refractivity contribution < 1.29 is 23.8 Å². The number of unbranched alkanes of at least 4 members (excludes halogenated alkanes) is 15. The van der Waals surface area contributed by atoms with E-state index >= 15 is 0 Å². The fraction of sp³-hybridized carbons (Fsp3) is 0.636. The third-order valence-electron chi connectivity index (χ3n) is 9.81. The van der Waals surface area contributed by atoms with Crippen LogP contribution in [0.4, 0.5) is 0 Å². The molecular formula is C55H90O5. The fourth-order valence-corrected chi connectivity index (χ4v) is 6.24. The Morgan fingerprint density at radius 1 is 0.400 bits per heavy atom. The van der Waals surface area contributed by atoms with Crippen LogP contribution in [0.1, 0.15) is 201 Å². The molecule has 0 heterocycles. The molecule has 60 heavy (non-hydrogen) atoms. The van der Waals surface area contributed by atoms with Crippen molar-refractivity contribution in [3.05, 3.63) is 109 Å². The number of esters is 2. The second-order valence-electron chi connectivity index (χ2n) is 15.6. The maximum absolute atomic E-state index is 12.8. The first-order chi connectivity index (χ1) is 29.6. The number of hydrogen-bond donors (Lipinski definition) is 0. The highest BCUT2D eigenvalue weighted by molar-refractivity contribution is 5.71. The Labute approximate surface area is 370 Å². The van der Waals surface area contributed by atoms with E-state index < -0.39 is 6.10 Å². The molecule has 0 fully saturated rings. The minimum atomic E-state index is -0.597. The Morgan fingerprint density at radius 3 is 1.30 bits per heavy atom. The van der Waals surface area contributed by atoms with E-state index in [0.717, 1.165) is 103 Å². The van der Waals surface area contributed by atoms with Crippen molar-refractivity contribution in [1.29, 1.82) is 0 Å². The molecule has 340 valence electrons. The quantitative estimate of drug-likeness (QED) is 0.0348. The molecule has 1 atom stereocenters. The van der Waals surface area contributed by atoms with Gasteiger partial charge in [-0.15, -0.1) is 0 Å². The molecule has 0 aromatic carbocycles. The second kappa shape index (κ2) is 49.9. The van der Waals surface area contributed by atoms with Crippen LogP contribution < -0.4 is 0 Å². The Morgan fingerprint density at radius 2 is 0.800 bits per heavy atom. The molecule has 0 N–H and O–H groups in total. The molecule has 0 aromatic heterocycles. The van der Waals surface area contributed by atoms with Gasteiger partial charge in [-0.2, -0.15) is 0 Å². The summed E-state index contributed by atoms with van der Waals surface area (Å²) in [6, 6.07) is 0. The molecule has 0 aromatic rings. The zero-order chi connectivity index (χ0) is 43.5. The van der Waals surface area contributed by atoms with E-state index in [4.69, 9.17) is 14.2 Å². The number of allylic oxidation sites excluding steroid dienone is 17. The lowest BCUT2D eigenvalue weighted by atomic mass is 10.1. The Bertz CT molecular complexity index is 1210. The molecule has 0 saturated heterocycles. The monoisotopic (exact) mass is 831 g/mol. The molecule has 0 amide bonds. The largest absolute Gasteiger partial charge is 0.461 e. The molecule has 0 saturated carbocycles. The predicted molar refractivity (Wildman–Crippen MR) is 260 cm³/mol. The van der Waals surface area contributed by atoms with Gasteiger partial charge in [0, 0.05) is 13.0 Å². The van der Waals surface area contributed by atoms with Gasteiger partial charge in [0.15, 0.2) is 6.10 Å². The normalized spacial score (nSPS) is 13.2. The number of carbonyl (C=O) groups excluding carboxylic acids is 2. The van der Waals surface area contributed by atoms with Gasteiger partial charge < -0.3 is 14.2 Å². The van der Waals surface area contributed by atoms with Crippen LogP contribution in [0.3, 0.4) is 0 Å². The van der Waals surface area contributed by atoms with Gasteiger partial charge in [-0.25, -0.2) is 0 Å². The maximum Gasteiger partial charge on any atom is 0.309 e. The van der Waals surface area contributed by atoms with Crippen molar-refractivity contribution in [2.24, 2.45) is 0 Å². The molecule has 5 nitrogen and oxygen atoms in total. The lowest BCUT2D eigenvalue weighted by Crippen LogP contribution is -2.30. The average molecular weight is 831 g/mol. The summed E-state index contributed by atoms with van der Waals surface area (Å²) in [6.07, 6.45) is 68.3. The van der Waals surface area contributed by atoms with Gasteiger partial charge in [0.05, 0.1) is 13.0 Å². The molecule has 0 aliphatic rings. The summed E-state index contributed by atoms with van der Waals surface area (Å²) in [5.74, 6) is -0.573. The fourth-order valence-electron chi connectivity index (χ4n) is 6.24. The van der Waals surface area contributed by atoms with Gasteiger partial charge >= 0.3 is 11.9 Å². The summed E-state index contributed by atoms with van der Waals surface area (Å²) >= 11 is 0. The summed E-state index contributed by atoms with van der Waals surface area (Å²) < 4.78 is 17.2. The summed E-state index contributed by atoms with van der Waals surface area (Å²) in [7, 11) is 0. The smallest absolute Gasteiger partial charge is 0.309 e. The predicted octanol–water partition coefficient (Wildman–Crippen LogP) is 16.4. The van der Waals surface area contributed by atoms with E-state index in [1.807, 2.05) is 12.2 Å². The number of carbonyl (C=O) groups is 2. The van der Waals surface area contributed by atoms with Crippen LogP contribution >= 0.6 is 0 Å². The highest BCUT2D eigenvalue weighted by Gasteiger charge is 2.17. The van der Waals surface area contributed by atoms with E-state index in [1.54, 1.807) is 0 Å². The van der Waals surface area contributed by atoms with Gasteiger partial charge in [-0.1, -0.05) is 194 Å².